The van der Waals surface area contributed by atoms with Gasteiger partial charge >= 0.3 is 5.96 Å². The lowest BCUT2D eigenvalue weighted by Crippen LogP contribution is -2.50. The standard InChI is InChI=1S/C17H38N3/c1-7-13-19(14-8-2)17(18(11-5)12-6)20(15-9-3)16-10-4/h7-16H2,1-6H3/q+1. The zero-order valence-electron chi connectivity index (χ0n) is 14.9. The first-order valence-electron chi connectivity index (χ1n) is 8.81. The van der Waals surface area contributed by atoms with Crippen LogP contribution < -0.4 is 0 Å². The van der Waals surface area contributed by atoms with E-state index in [2.05, 4.69) is 55.9 Å². The van der Waals surface area contributed by atoms with Crippen LogP contribution in [-0.2, 0) is 0 Å². The van der Waals surface area contributed by atoms with Crippen LogP contribution in [0.3, 0.4) is 0 Å². The molecule has 0 aromatic heterocycles. The normalized spacial score (nSPS) is 10.5. The van der Waals surface area contributed by atoms with Crippen LogP contribution in [0.4, 0.5) is 0 Å². The molecule has 3 nitrogen and oxygen atoms in total. The smallest absolute Gasteiger partial charge is 0.265 e. The first kappa shape index (κ1) is 19.3. The van der Waals surface area contributed by atoms with Gasteiger partial charge in [-0.05, 0) is 39.5 Å². The Kier molecular flexibility index (Phi) is 11.6. The van der Waals surface area contributed by atoms with Crippen LogP contribution in [0.1, 0.15) is 67.2 Å². The summed E-state index contributed by atoms with van der Waals surface area (Å²) in [5, 5.41) is 0. The highest BCUT2D eigenvalue weighted by atomic mass is 15.4. The molecule has 0 rings (SSSR count). The van der Waals surface area contributed by atoms with Gasteiger partial charge in [-0.15, -0.1) is 0 Å². The maximum atomic E-state index is 2.61. The van der Waals surface area contributed by atoms with Gasteiger partial charge in [-0.3, -0.25) is 14.4 Å². The fourth-order valence-corrected chi connectivity index (χ4v) is 2.81. The Labute approximate surface area is 127 Å². The van der Waals surface area contributed by atoms with Crippen LogP contribution in [0, 0.1) is 0 Å². The first-order valence-corrected chi connectivity index (χ1v) is 8.81. The fraction of sp³-hybridized carbons (Fsp3) is 0.941. The number of guanidine groups is 1. The third-order valence-corrected chi connectivity index (χ3v) is 3.59. The van der Waals surface area contributed by atoms with Crippen molar-refractivity contribution in [2.75, 3.05) is 39.3 Å². The van der Waals surface area contributed by atoms with Gasteiger partial charge in [-0.25, -0.2) is 0 Å². The van der Waals surface area contributed by atoms with Crippen molar-refractivity contribution >= 4 is 5.96 Å². The zero-order chi connectivity index (χ0) is 15.4. The minimum Gasteiger partial charge on any atom is -0.265 e. The molecule has 0 unspecified atom stereocenters. The van der Waals surface area contributed by atoms with Crippen molar-refractivity contribution in [3.8, 4) is 0 Å². The number of nitrogens with zero attached hydrogens (tertiary/aromatic N) is 3. The second-order valence-corrected chi connectivity index (χ2v) is 5.45. The maximum Gasteiger partial charge on any atom is 0.350 e. The molecule has 0 aliphatic carbocycles. The summed E-state index contributed by atoms with van der Waals surface area (Å²) in [6, 6.07) is 0. The van der Waals surface area contributed by atoms with Gasteiger partial charge in [0.15, 0.2) is 0 Å². The molecule has 0 radical (unpaired) electrons. The Hall–Kier alpha value is -0.730. The molecule has 0 spiro atoms. The van der Waals surface area contributed by atoms with Crippen LogP contribution >= 0.6 is 0 Å². The van der Waals surface area contributed by atoms with Crippen molar-refractivity contribution in [3.63, 3.8) is 0 Å². The molecule has 0 N–H and O–H groups in total. The van der Waals surface area contributed by atoms with Crippen LogP contribution in [0.25, 0.3) is 0 Å². The predicted molar refractivity (Wildman–Crippen MR) is 90.7 cm³/mol. The van der Waals surface area contributed by atoms with Gasteiger partial charge in [-0.2, -0.15) is 0 Å². The van der Waals surface area contributed by atoms with E-state index < -0.39 is 0 Å². The van der Waals surface area contributed by atoms with Crippen LogP contribution in [0.15, 0.2) is 0 Å². The molecule has 3 heteroatoms. The molecule has 0 amide bonds. The zero-order valence-corrected chi connectivity index (χ0v) is 14.9. The van der Waals surface area contributed by atoms with Crippen LogP contribution in [0.2, 0.25) is 0 Å². The van der Waals surface area contributed by atoms with Gasteiger partial charge in [0.2, 0.25) is 0 Å². The summed E-state index contributed by atoms with van der Waals surface area (Å²) >= 11 is 0. The van der Waals surface area contributed by atoms with E-state index in [0.717, 1.165) is 13.1 Å². The Bertz CT molecular complexity index is 243. The lowest BCUT2D eigenvalue weighted by atomic mass is 10.3. The minimum atomic E-state index is 1.10. The van der Waals surface area contributed by atoms with Gasteiger partial charge in [0, 0.05) is 0 Å². The Morgan fingerprint density at radius 2 is 1.10 bits per heavy atom. The largest absolute Gasteiger partial charge is 0.350 e. The van der Waals surface area contributed by atoms with Crippen molar-refractivity contribution in [2.24, 2.45) is 0 Å². The molecule has 0 aliphatic rings. The molecule has 120 valence electrons. The SMILES string of the molecule is CCCN(CCC)C(N(CC)CC)=[N+](CCC)CCC. The van der Waals surface area contributed by atoms with Gasteiger partial charge in [0.25, 0.3) is 0 Å². The summed E-state index contributed by atoms with van der Waals surface area (Å²) in [5.74, 6) is 1.47. The summed E-state index contributed by atoms with van der Waals surface area (Å²) in [4.78, 5) is 5.15. The average molecular weight is 285 g/mol. The molecule has 0 aromatic carbocycles. The monoisotopic (exact) mass is 284 g/mol. The lowest BCUT2D eigenvalue weighted by molar-refractivity contribution is -0.538. The van der Waals surface area contributed by atoms with Crippen LogP contribution in [-0.4, -0.2) is 59.6 Å². The molecule has 0 heterocycles. The molecule has 0 fully saturated rings. The van der Waals surface area contributed by atoms with E-state index in [-0.39, 0.29) is 0 Å². The molecular weight excluding hydrogens is 246 g/mol. The summed E-state index contributed by atoms with van der Waals surface area (Å²) in [6.45, 7) is 20.6. The van der Waals surface area contributed by atoms with Crippen LogP contribution in [0.5, 0.6) is 0 Å². The van der Waals surface area contributed by atoms with Gasteiger partial charge in [-0.1, -0.05) is 27.7 Å². The molecule has 0 aromatic rings. The van der Waals surface area contributed by atoms with E-state index in [9.17, 15) is 0 Å². The molecule has 0 aliphatic heterocycles. The van der Waals surface area contributed by atoms with Gasteiger partial charge < -0.3 is 0 Å². The number of hydrogen-bond donors (Lipinski definition) is 0. The van der Waals surface area contributed by atoms with E-state index in [1.165, 1.54) is 57.8 Å². The quantitative estimate of drug-likeness (QED) is 0.344. The summed E-state index contributed by atoms with van der Waals surface area (Å²) < 4.78 is 2.61. The first-order chi connectivity index (χ1) is 9.69. The summed E-state index contributed by atoms with van der Waals surface area (Å²) in [5.41, 5.74) is 0. The van der Waals surface area contributed by atoms with E-state index in [4.69, 9.17) is 0 Å². The van der Waals surface area contributed by atoms with Crippen molar-refractivity contribution < 1.29 is 4.58 Å². The van der Waals surface area contributed by atoms with Gasteiger partial charge in [0.05, 0.1) is 39.3 Å². The molecule has 0 saturated heterocycles. The third kappa shape index (κ3) is 6.15. The van der Waals surface area contributed by atoms with Crippen molar-refractivity contribution in [2.45, 2.75) is 67.2 Å². The van der Waals surface area contributed by atoms with E-state index in [0.29, 0.717) is 0 Å². The third-order valence-electron chi connectivity index (χ3n) is 3.59. The molecular formula is C17H38N3+. The second kappa shape index (κ2) is 12.0. The highest BCUT2D eigenvalue weighted by Crippen LogP contribution is 2.05. The molecule has 0 atom stereocenters. The summed E-state index contributed by atoms with van der Waals surface area (Å²) in [6.07, 6.45) is 4.88. The lowest BCUT2D eigenvalue weighted by Gasteiger charge is -2.29. The molecule has 20 heavy (non-hydrogen) atoms. The van der Waals surface area contributed by atoms with Gasteiger partial charge in [0.1, 0.15) is 0 Å². The highest BCUT2D eigenvalue weighted by Gasteiger charge is 2.26. The topological polar surface area (TPSA) is 9.49 Å². The predicted octanol–water partition coefficient (Wildman–Crippen LogP) is 3.64. The second-order valence-electron chi connectivity index (χ2n) is 5.45. The highest BCUT2D eigenvalue weighted by molar-refractivity contribution is 5.75. The number of hydrogen-bond acceptors (Lipinski definition) is 0. The molecule has 0 bridgehead atoms. The number of rotatable bonds is 10. The van der Waals surface area contributed by atoms with Crippen molar-refractivity contribution in [1.82, 2.24) is 9.80 Å². The van der Waals surface area contributed by atoms with Crippen molar-refractivity contribution in [3.05, 3.63) is 0 Å². The maximum absolute atomic E-state index is 2.61. The fourth-order valence-electron chi connectivity index (χ4n) is 2.81. The minimum absolute atomic E-state index is 1.10. The average Bonchev–Trinajstić information content (AvgIpc) is 2.44. The Morgan fingerprint density at radius 1 is 0.650 bits per heavy atom. The van der Waals surface area contributed by atoms with E-state index in [1.54, 1.807) is 0 Å². The van der Waals surface area contributed by atoms with Crippen molar-refractivity contribution in [1.29, 1.82) is 0 Å². The Balaban J connectivity index is 5.52. The summed E-state index contributed by atoms with van der Waals surface area (Å²) in [7, 11) is 0. The molecule has 0 saturated carbocycles. The van der Waals surface area contributed by atoms with E-state index >= 15 is 0 Å². The van der Waals surface area contributed by atoms with E-state index in [1.807, 2.05) is 0 Å². The Morgan fingerprint density at radius 3 is 1.40 bits per heavy atom.